The van der Waals surface area contributed by atoms with Crippen molar-refractivity contribution in [3.05, 3.63) is 0 Å². The molecule has 1 unspecified atom stereocenters. The number of hydrogen-bond donors (Lipinski definition) is 2. The minimum atomic E-state index is -2.96. The number of sulfone groups is 1. The minimum Gasteiger partial charge on any atom is -0.396 e. The molecule has 0 aliphatic heterocycles. The second kappa shape index (κ2) is 4.80. The predicted octanol–water partition coefficient (Wildman–Crippen LogP) is 0.159. The van der Waals surface area contributed by atoms with E-state index in [2.05, 4.69) is 0 Å². The monoisotopic (exact) mass is 235 g/mol. The molecule has 90 valence electrons. The summed E-state index contributed by atoms with van der Waals surface area (Å²) in [5, 5.41) is 9.38. The van der Waals surface area contributed by atoms with Crippen LogP contribution in [0.4, 0.5) is 0 Å². The van der Waals surface area contributed by atoms with Crippen molar-refractivity contribution in [2.75, 3.05) is 25.2 Å². The first-order valence-corrected chi connectivity index (χ1v) is 7.45. The molecule has 1 fully saturated rings. The van der Waals surface area contributed by atoms with E-state index >= 15 is 0 Å². The van der Waals surface area contributed by atoms with Crippen molar-refractivity contribution in [2.45, 2.75) is 25.7 Å². The fraction of sp³-hybridized carbons (Fsp3) is 1.00. The van der Waals surface area contributed by atoms with Crippen LogP contribution >= 0.6 is 0 Å². The molecule has 0 aromatic heterocycles. The van der Waals surface area contributed by atoms with E-state index in [1.54, 1.807) is 0 Å². The molecule has 1 aliphatic rings. The third kappa shape index (κ3) is 4.49. The first-order chi connectivity index (χ1) is 6.91. The Morgan fingerprint density at radius 1 is 1.47 bits per heavy atom. The van der Waals surface area contributed by atoms with Crippen LogP contribution in [0.15, 0.2) is 0 Å². The number of nitrogens with two attached hydrogens (primary N) is 1. The standard InChI is InChI=1S/C10H21NO3S/c1-15(13,14)5-4-10(7-11,8-12)6-9-2-3-9/h9,12H,2-8,11H2,1H3. The van der Waals surface area contributed by atoms with Gasteiger partial charge in [0.25, 0.3) is 0 Å². The maximum absolute atomic E-state index is 11.1. The molecule has 5 heteroatoms. The molecule has 0 aromatic rings. The van der Waals surface area contributed by atoms with Crippen LogP contribution < -0.4 is 5.73 Å². The van der Waals surface area contributed by atoms with Gasteiger partial charge in [0.05, 0.1) is 5.75 Å². The Morgan fingerprint density at radius 2 is 2.07 bits per heavy atom. The first-order valence-electron chi connectivity index (χ1n) is 5.39. The van der Waals surface area contributed by atoms with Gasteiger partial charge in [-0.05, 0) is 18.8 Å². The van der Waals surface area contributed by atoms with Crippen LogP contribution in [-0.2, 0) is 9.84 Å². The lowest BCUT2D eigenvalue weighted by atomic mass is 9.81. The van der Waals surface area contributed by atoms with Gasteiger partial charge in [0.1, 0.15) is 9.84 Å². The molecule has 4 nitrogen and oxygen atoms in total. The van der Waals surface area contributed by atoms with Crippen LogP contribution in [0.5, 0.6) is 0 Å². The minimum absolute atomic E-state index is 0.00444. The summed E-state index contributed by atoms with van der Waals surface area (Å²) in [7, 11) is -2.96. The van der Waals surface area contributed by atoms with Crippen molar-refractivity contribution in [2.24, 2.45) is 17.1 Å². The molecular formula is C10H21NO3S. The molecule has 0 radical (unpaired) electrons. The topological polar surface area (TPSA) is 80.4 Å². The summed E-state index contributed by atoms with van der Waals surface area (Å²) >= 11 is 0. The van der Waals surface area contributed by atoms with E-state index in [4.69, 9.17) is 5.73 Å². The van der Waals surface area contributed by atoms with Gasteiger partial charge in [-0.25, -0.2) is 8.42 Å². The van der Waals surface area contributed by atoms with Gasteiger partial charge >= 0.3 is 0 Å². The van der Waals surface area contributed by atoms with Gasteiger partial charge in [0.2, 0.25) is 0 Å². The normalized spacial score (nSPS) is 21.3. The summed E-state index contributed by atoms with van der Waals surface area (Å²) in [5.74, 6) is 0.776. The third-order valence-electron chi connectivity index (χ3n) is 3.19. The molecule has 0 saturated heterocycles. The lowest BCUT2D eigenvalue weighted by Crippen LogP contribution is -2.36. The van der Waals surface area contributed by atoms with Gasteiger partial charge in [-0.1, -0.05) is 12.8 Å². The van der Waals surface area contributed by atoms with E-state index in [1.165, 1.54) is 19.1 Å². The van der Waals surface area contributed by atoms with E-state index in [0.29, 0.717) is 18.9 Å². The highest BCUT2D eigenvalue weighted by Crippen LogP contribution is 2.41. The summed E-state index contributed by atoms with van der Waals surface area (Å²) in [4.78, 5) is 0. The fourth-order valence-electron chi connectivity index (χ4n) is 1.83. The van der Waals surface area contributed by atoms with Crippen molar-refractivity contribution in [3.63, 3.8) is 0 Å². The summed E-state index contributed by atoms with van der Waals surface area (Å²) in [6.07, 6.45) is 4.97. The third-order valence-corrected chi connectivity index (χ3v) is 4.14. The second-order valence-corrected chi connectivity index (χ2v) is 7.15. The van der Waals surface area contributed by atoms with Gasteiger partial charge in [0, 0.05) is 24.8 Å². The SMILES string of the molecule is CS(=O)(=O)CCC(CN)(CO)CC1CC1. The molecule has 1 atom stereocenters. The van der Waals surface area contributed by atoms with E-state index in [9.17, 15) is 13.5 Å². The van der Waals surface area contributed by atoms with Crippen molar-refractivity contribution in [1.82, 2.24) is 0 Å². The van der Waals surface area contributed by atoms with Crippen LogP contribution in [0, 0.1) is 11.3 Å². The Kier molecular flexibility index (Phi) is 4.14. The zero-order valence-electron chi connectivity index (χ0n) is 9.28. The average Bonchev–Trinajstić information content (AvgIpc) is 2.95. The Morgan fingerprint density at radius 3 is 2.40 bits per heavy atom. The molecule has 0 amide bonds. The number of aliphatic hydroxyl groups is 1. The lowest BCUT2D eigenvalue weighted by Gasteiger charge is -2.30. The molecule has 1 aliphatic carbocycles. The Bertz CT molecular complexity index is 292. The highest BCUT2D eigenvalue weighted by atomic mass is 32.2. The average molecular weight is 235 g/mol. The van der Waals surface area contributed by atoms with Gasteiger partial charge < -0.3 is 10.8 Å². The molecule has 0 heterocycles. The Hall–Kier alpha value is -0.130. The summed E-state index contributed by atoms with van der Waals surface area (Å²) in [5.41, 5.74) is 5.30. The number of rotatable bonds is 7. The molecule has 3 N–H and O–H groups in total. The van der Waals surface area contributed by atoms with Gasteiger partial charge in [-0.15, -0.1) is 0 Å². The van der Waals surface area contributed by atoms with Crippen LogP contribution in [0.2, 0.25) is 0 Å². The fourth-order valence-corrected chi connectivity index (χ4v) is 2.64. The second-order valence-electron chi connectivity index (χ2n) is 4.89. The quantitative estimate of drug-likeness (QED) is 0.658. The maximum Gasteiger partial charge on any atom is 0.147 e. The van der Waals surface area contributed by atoms with E-state index in [0.717, 1.165) is 6.42 Å². The Labute approximate surface area is 91.8 Å². The van der Waals surface area contributed by atoms with Gasteiger partial charge in [0.15, 0.2) is 0 Å². The molecule has 0 spiro atoms. The predicted molar refractivity (Wildman–Crippen MR) is 60.2 cm³/mol. The number of aliphatic hydroxyl groups excluding tert-OH is 1. The van der Waals surface area contributed by atoms with E-state index < -0.39 is 9.84 Å². The van der Waals surface area contributed by atoms with Gasteiger partial charge in [-0.3, -0.25) is 0 Å². The molecule has 0 bridgehead atoms. The summed E-state index contributed by atoms with van der Waals surface area (Å²) < 4.78 is 22.2. The molecule has 1 saturated carbocycles. The lowest BCUT2D eigenvalue weighted by molar-refractivity contribution is 0.112. The highest BCUT2D eigenvalue weighted by molar-refractivity contribution is 7.90. The molecule has 1 rings (SSSR count). The smallest absolute Gasteiger partial charge is 0.147 e. The van der Waals surface area contributed by atoms with E-state index in [1.807, 2.05) is 0 Å². The highest BCUT2D eigenvalue weighted by Gasteiger charge is 2.36. The van der Waals surface area contributed by atoms with Crippen LogP contribution in [0.1, 0.15) is 25.7 Å². The first kappa shape index (κ1) is 12.9. The zero-order chi connectivity index (χ0) is 11.5. The van der Waals surface area contributed by atoms with Crippen molar-refractivity contribution < 1.29 is 13.5 Å². The van der Waals surface area contributed by atoms with Crippen LogP contribution in [0.3, 0.4) is 0 Å². The molecular weight excluding hydrogens is 214 g/mol. The summed E-state index contributed by atoms with van der Waals surface area (Å²) in [6, 6.07) is 0. The van der Waals surface area contributed by atoms with Gasteiger partial charge in [-0.2, -0.15) is 0 Å². The molecule has 0 aromatic carbocycles. The van der Waals surface area contributed by atoms with E-state index in [-0.39, 0.29) is 17.8 Å². The van der Waals surface area contributed by atoms with Crippen LogP contribution in [-0.4, -0.2) is 38.7 Å². The Balaban J connectivity index is 2.54. The molecule has 15 heavy (non-hydrogen) atoms. The zero-order valence-corrected chi connectivity index (χ0v) is 10.1. The van der Waals surface area contributed by atoms with Crippen molar-refractivity contribution >= 4 is 9.84 Å². The summed E-state index contributed by atoms with van der Waals surface area (Å²) in [6.45, 7) is 0.366. The maximum atomic E-state index is 11.1. The van der Waals surface area contributed by atoms with Crippen molar-refractivity contribution in [3.8, 4) is 0 Å². The van der Waals surface area contributed by atoms with Crippen LogP contribution in [0.25, 0.3) is 0 Å². The van der Waals surface area contributed by atoms with Crippen molar-refractivity contribution in [1.29, 1.82) is 0 Å². The largest absolute Gasteiger partial charge is 0.396 e. The number of hydrogen-bond acceptors (Lipinski definition) is 4.